The van der Waals surface area contributed by atoms with Gasteiger partial charge in [0.15, 0.2) is 0 Å². The van der Waals surface area contributed by atoms with Crippen LogP contribution in [0.2, 0.25) is 0 Å². The summed E-state index contributed by atoms with van der Waals surface area (Å²) in [7, 11) is 2.00. The quantitative estimate of drug-likeness (QED) is 0.770. The van der Waals surface area contributed by atoms with Gasteiger partial charge in [-0.15, -0.1) is 0 Å². The highest BCUT2D eigenvalue weighted by atomic mass is 16.3. The molecule has 1 aromatic rings. The van der Waals surface area contributed by atoms with Gasteiger partial charge in [-0.2, -0.15) is 5.26 Å². The molecule has 21 heavy (non-hydrogen) atoms. The largest absolute Gasteiger partial charge is 0.394 e. The van der Waals surface area contributed by atoms with E-state index in [0.29, 0.717) is 12.3 Å². The number of nitrogens with zero attached hydrogens (tertiary/aromatic N) is 2. The summed E-state index contributed by atoms with van der Waals surface area (Å²) in [6.07, 6.45) is 2.97. The van der Waals surface area contributed by atoms with E-state index < -0.39 is 0 Å². The second-order valence-corrected chi connectivity index (χ2v) is 6.20. The van der Waals surface area contributed by atoms with Crippen LogP contribution in [0.1, 0.15) is 31.7 Å². The van der Waals surface area contributed by atoms with Crippen LogP contribution in [0.25, 0.3) is 0 Å². The van der Waals surface area contributed by atoms with Gasteiger partial charge in [-0.1, -0.05) is 12.1 Å². The van der Waals surface area contributed by atoms with E-state index >= 15 is 0 Å². The molecule has 4 nitrogen and oxygen atoms in total. The maximum Gasteiger partial charge on any atom is 0.0640 e. The van der Waals surface area contributed by atoms with Crippen LogP contribution in [0.15, 0.2) is 24.3 Å². The maximum atomic E-state index is 9.58. The lowest BCUT2D eigenvalue weighted by atomic mass is 9.96. The third-order valence-electron chi connectivity index (χ3n) is 4.44. The maximum absolute atomic E-state index is 9.58. The van der Waals surface area contributed by atoms with Gasteiger partial charge in [-0.05, 0) is 43.4 Å². The Kier molecular flexibility index (Phi) is 5.22. The average Bonchev–Trinajstić information content (AvgIpc) is 3.36. The van der Waals surface area contributed by atoms with Gasteiger partial charge in [-0.25, -0.2) is 0 Å². The number of hydrogen-bond donors (Lipinski definition) is 2. The lowest BCUT2D eigenvalue weighted by Gasteiger charge is -2.29. The van der Waals surface area contributed by atoms with Crippen molar-refractivity contribution < 1.29 is 5.11 Å². The molecule has 1 unspecified atom stereocenters. The summed E-state index contributed by atoms with van der Waals surface area (Å²) in [5, 5.41) is 21.7. The summed E-state index contributed by atoms with van der Waals surface area (Å²) in [5.41, 5.74) is 2.19. The molecule has 0 spiro atoms. The van der Waals surface area contributed by atoms with Crippen molar-refractivity contribution in [1.29, 1.82) is 5.26 Å². The van der Waals surface area contributed by atoms with E-state index in [1.165, 1.54) is 18.4 Å². The molecule has 114 valence electrons. The zero-order valence-corrected chi connectivity index (χ0v) is 13.0. The molecule has 2 rings (SSSR count). The van der Waals surface area contributed by atoms with Crippen molar-refractivity contribution in [3.63, 3.8) is 0 Å². The number of anilines is 1. The molecule has 1 aliphatic rings. The van der Waals surface area contributed by atoms with Crippen LogP contribution in [0.4, 0.5) is 5.69 Å². The molecule has 0 amide bonds. The van der Waals surface area contributed by atoms with Crippen LogP contribution in [0.3, 0.4) is 0 Å². The summed E-state index contributed by atoms with van der Waals surface area (Å²) in [4.78, 5) is 2.09. The molecule has 1 aromatic carbocycles. The molecule has 0 heterocycles. The smallest absolute Gasteiger partial charge is 0.0640 e. The first-order valence-corrected chi connectivity index (χ1v) is 7.62. The Hall–Kier alpha value is -1.57. The number of nitrogens with one attached hydrogen (secondary N) is 1. The molecule has 1 aliphatic carbocycles. The third-order valence-corrected chi connectivity index (χ3v) is 4.44. The van der Waals surface area contributed by atoms with E-state index in [2.05, 4.69) is 47.5 Å². The topological polar surface area (TPSA) is 59.3 Å². The van der Waals surface area contributed by atoms with E-state index in [1.54, 1.807) is 0 Å². The first-order chi connectivity index (χ1) is 10.1. The Balaban J connectivity index is 1.89. The molecule has 0 bridgehead atoms. The number of benzene rings is 1. The molecule has 1 fully saturated rings. The number of rotatable bonds is 8. The summed E-state index contributed by atoms with van der Waals surface area (Å²) in [6, 6.07) is 10.5. The van der Waals surface area contributed by atoms with Gasteiger partial charge in [0.2, 0.25) is 0 Å². The number of aliphatic hydroxyl groups excluding tert-OH is 1. The molecule has 1 atom stereocenters. The SMILES string of the molecule is CN(CCC#N)c1ccc(CNC(C)(CO)C2CC2)cc1. The van der Waals surface area contributed by atoms with Gasteiger partial charge in [0.25, 0.3) is 0 Å². The Morgan fingerprint density at radius 2 is 2.05 bits per heavy atom. The predicted molar refractivity (Wildman–Crippen MR) is 85.0 cm³/mol. The number of aliphatic hydroxyl groups is 1. The highest BCUT2D eigenvalue weighted by Crippen LogP contribution is 2.39. The van der Waals surface area contributed by atoms with Gasteiger partial charge in [-0.3, -0.25) is 0 Å². The third kappa shape index (κ3) is 4.20. The second-order valence-electron chi connectivity index (χ2n) is 6.20. The van der Waals surface area contributed by atoms with E-state index in [9.17, 15) is 5.11 Å². The van der Waals surface area contributed by atoms with Gasteiger partial charge >= 0.3 is 0 Å². The van der Waals surface area contributed by atoms with Crippen molar-refractivity contribution in [2.24, 2.45) is 5.92 Å². The molecule has 4 heteroatoms. The van der Waals surface area contributed by atoms with E-state index in [0.717, 1.165) is 18.8 Å². The first kappa shape index (κ1) is 15.8. The van der Waals surface area contributed by atoms with Crippen molar-refractivity contribution in [3.8, 4) is 6.07 Å². The van der Waals surface area contributed by atoms with Crippen LogP contribution in [0.5, 0.6) is 0 Å². The zero-order valence-electron chi connectivity index (χ0n) is 13.0. The fraction of sp³-hybridized carbons (Fsp3) is 0.588. The monoisotopic (exact) mass is 287 g/mol. The van der Waals surface area contributed by atoms with E-state index in [4.69, 9.17) is 5.26 Å². The Bertz CT molecular complexity index is 490. The average molecular weight is 287 g/mol. The van der Waals surface area contributed by atoms with Crippen molar-refractivity contribution in [2.75, 3.05) is 25.1 Å². The van der Waals surface area contributed by atoms with Gasteiger partial charge in [0.05, 0.1) is 19.1 Å². The van der Waals surface area contributed by atoms with Crippen LogP contribution in [-0.2, 0) is 6.54 Å². The summed E-state index contributed by atoms with van der Waals surface area (Å²) in [5.74, 6) is 0.610. The normalized spacial score (nSPS) is 17.0. The molecule has 0 radical (unpaired) electrons. The van der Waals surface area contributed by atoms with Gasteiger partial charge in [0, 0.05) is 31.4 Å². The van der Waals surface area contributed by atoms with Crippen LogP contribution in [0, 0.1) is 17.2 Å². The molecule has 0 aliphatic heterocycles. The van der Waals surface area contributed by atoms with Crippen LogP contribution < -0.4 is 10.2 Å². The zero-order chi connectivity index (χ0) is 15.3. The lowest BCUT2D eigenvalue weighted by molar-refractivity contribution is 0.153. The molecule has 0 aromatic heterocycles. The molecular weight excluding hydrogens is 262 g/mol. The minimum atomic E-state index is -0.151. The second kappa shape index (κ2) is 6.93. The molecular formula is C17H25N3O. The van der Waals surface area contributed by atoms with Crippen molar-refractivity contribution in [2.45, 2.75) is 38.3 Å². The minimum Gasteiger partial charge on any atom is -0.394 e. The summed E-state index contributed by atoms with van der Waals surface area (Å²) >= 11 is 0. The molecule has 1 saturated carbocycles. The van der Waals surface area contributed by atoms with Crippen molar-refractivity contribution in [1.82, 2.24) is 5.32 Å². The van der Waals surface area contributed by atoms with E-state index in [-0.39, 0.29) is 12.1 Å². The van der Waals surface area contributed by atoms with Crippen molar-refractivity contribution >= 4 is 5.69 Å². The van der Waals surface area contributed by atoms with Crippen molar-refractivity contribution in [3.05, 3.63) is 29.8 Å². The number of nitriles is 1. The first-order valence-electron chi connectivity index (χ1n) is 7.62. The highest BCUT2D eigenvalue weighted by Gasteiger charge is 2.40. The Labute approximate surface area is 127 Å². The fourth-order valence-electron chi connectivity index (χ4n) is 2.57. The fourth-order valence-corrected chi connectivity index (χ4v) is 2.57. The summed E-state index contributed by atoms with van der Waals surface area (Å²) < 4.78 is 0. The Morgan fingerprint density at radius 3 is 2.57 bits per heavy atom. The minimum absolute atomic E-state index is 0.151. The van der Waals surface area contributed by atoms with Crippen LogP contribution in [-0.4, -0.2) is 30.8 Å². The predicted octanol–water partition coefficient (Wildman–Crippen LogP) is 2.29. The lowest BCUT2D eigenvalue weighted by Crippen LogP contribution is -2.47. The van der Waals surface area contributed by atoms with Gasteiger partial charge in [0.1, 0.15) is 0 Å². The van der Waals surface area contributed by atoms with E-state index in [1.807, 2.05) is 7.05 Å². The summed E-state index contributed by atoms with van der Waals surface area (Å²) in [6.45, 7) is 3.81. The molecule has 2 N–H and O–H groups in total. The number of hydrogen-bond acceptors (Lipinski definition) is 4. The van der Waals surface area contributed by atoms with Gasteiger partial charge < -0.3 is 15.3 Å². The molecule has 0 saturated heterocycles. The van der Waals surface area contributed by atoms with Crippen LogP contribution >= 0.6 is 0 Å². The highest BCUT2D eigenvalue weighted by molar-refractivity contribution is 5.46. The Morgan fingerprint density at radius 1 is 1.38 bits per heavy atom. The standard InChI is InChI=1S/C17H25N3O/c1-17(13-21,15-6-7-15)19-12-14-4-8-16(9-5-14)20(2)11-3-10-18/h4-5,8-9,15,19,21H,3,6-7,11-13H2,1-2H3.